The van der Waals surface area contributed by atoms with E-state index < -0.39 is 28.5 Å². The van der Waals surface area contributed by atoms with Crippen molar-refractivity contribution in [3.8, 4) is 0 Å². The Hall–Kier alpha value is -3.65. The normalized spacial score (nSPS) is 12.0. The van der Waals surface area contributed by atoms with Gasteiger partial charge in [-0.3, -0.25) is 13.9 Å². The Bertz CT molecular complexity index is 1390. The number of unbranched alkanes of at least 4 members (excludes halogenated alkanes) is 1. The SMILES string of the molecule is CCCCNC(=O)C(Cc1ccccc1)N(Cc1cccc(C)c1)C(=O)CN(c1cc(C)cc(C)c1)S(C)(=O)=O. The maximum absolute atomic E-state index is 14.1. The second-order valence-electron chi connectivity index (χ2n) is 10.5. The van der Waals surface area contributed by atoms with Crippen LogP contribution < -0.4 is 9.62 Å². The number of hydrogen-bond donors (Lipinski definition) is 1. The fourth-order valence-electron chi connectivity index (χ4n) is 4.78. The van der Waals surface area contributed by atoms with E-state index in [4.69, 9.17) is 0 Å². The lowest BCUT2D eigenvalue weighted by Crippen LogP contribution is -2.53. The van der Waals surface area contributed by atoms with E-state index in [1.165, 1.54) is 4.90 Å². The summed E-state index contributed by atoms with van der Waals surface area (Å²) in [6.45, 7) is 8.06. The summed E-state index contributed by atoms with van der Waals surface area (Å²) >= 11 is 0. The standard InChI is InChI=1S/C32H41N3O4S/c1-6-7-16-33-32(37)30(21-27-13-9-8-10-14-27)34(22-28-15-11-12-24(2)18-28)31(36)23-35(40(5,38)39)29-19-25(3)17-26(4)20-29/h8-15,17-20,30H,6-7,16,21-23H2,1-5H3,(H,33,37). The van der Waals surface area contributed by atoms with Crippen LogP contribution in [0.1, 0.15) is 47.6 Å². The van der Waals surface area contributed by atoms with E-state index in [0.29, 0.717) is 18.7 Å². The average molecular weight is 564 g/mol. The van der Waals surface area contributed by atoms with Crippen LogP contribution in [0.2, 0.25) is 0 Å². The molecule has 3 rings (SSSR count). The molecule has 0 aliphatic rings. The predicted molar refractivity (Wildman–Crippen MR) is 162 cm³/mol. The average Bonchev–Trinajstić information content (AvgIpc) is 2.88. The molecule has 0 aromatic heterocycles. The monoisotopic (exact) mass is 563 g/mol. The highest BCUT2D eigenvalue weighted by Gasteiger charge is 2.33. The van der Waals surface area contributed by atoms with E-state index in [1.807, 2.05) is 88.4 Å². The van der Waals surface area contributed by atoms with Gasteiger partial charge in [0, 0.05) is 19.5 Å². The number of aryl methyl sites for hydroxylation is 3. The molecule has 0 spiro atoms. The van der Waals surface area contributed by atoms with Crippen LogP contribution in [0.3, 0.4) is 0 Å². The first kappa shape index (κ1) is 30.9. The van der Waals surface area contributed by atoms with E-state index in [2.05, 4.69) is 5.32 Å². The maximum Gasteiger partial charge on any atom is 0.244 e. The molecule has 1 atom stereocenters. The summed E-state index contributed by atoms with van der Waals surface area (Å²) in [5, 5.41) is 3.00. The number of nitrogens with zero attached hydrogens (tertiary/aromatic N) is 2. The predicted octanol–water partition coefficient (Wildman–Crippen LogP) is 4.93. The molecule has 0 aliphatic heterocycles. The van der Waals surface area contributed by atoms with Crippen molar-refractivity contribution in [3.63, 3.8) is 0 Å². The van der Waals surface area contributed by atoms with Crippen LogP contribution in [-0.2, 0) is 32.6 Å². The lowest BCUT2D eigenvalue weighted by molar-refractivity contribution is -0.140. The molecular weight excluding hydrogens is 522 g/mol. The summed E-state index contributed by atoms with van der Waals surface area (Å²) in [5.41, 5.74) is 5.02. The number of benzene rings is 3. The molecular formula is C32H41N3O4S. The van der Waals surface area contributed by atoms with Crippen molar-refractivity contribution in [1.82, 2.24) is 10.2 Å². The molecule has 1 unspecified atom stereocenters. The quantitative estimate of drug-likeness (QED) is 0.299. The highest BCUT2D eigenvalue weighted by molar-refractivity contribution is 7.92. The largest absolute Gasteiger partial charge is 0.354 e. The summed E-state index contributed by atoms with van der Waals surface area (Å²) in [5.74, 6) is -0.701. The number of nitrogens with one attached hydrogen (secondary N) is 1. The first-order valence-electron chi connectivity index (χ1n) is 13.7. The van der Waals surface area contributed by atoms with Crippen molar-refractivity contribution < 1.29 is 18.0 Å². The molecule has 40 heavy (non-hydrogen) atoms. The van der Waals surface area contributed by atoms with Crippen molar-refractivity contribution in [2.45, 2.75) is 59.5 Å². The van der Waals surface area contributed by atoms with Gasteiger partial charge < -0.3 is 10.2 Å². The van der Waals surface area contributed by atoms with Gasteiger partial charge in [0.25, 0.3) is 0 Å². The Morgan fingerprint density at radius 2 is 1.50 bits per heavy atom. The van der Waals surface area contributed by atoms with Gasteiger partial charge in [-0.1, -0.05) is 79.6 Å². The van der Waals surface area contributed by atoms with Gasteiger partial charge in [0.15, 0.2) is 0 Å². The van der Waals surface area contributed by atoms with Crippen molar-refractivity contribution in [2.24, 2.45) is 0 Å². The molecule has 0 fully saturated rings. The highest BCUT2D eigenvalue weighted by atomic mass is 32.2. The molecule has 1 N–H and O–H groups in total. The van der Waals surface area contributed by atoms with Gasteiger partial charge >= 0.3 is 0 Å². The summed E-state index contributed by atoms with van der Waals surface area (Å²) in [6.07, 6.45) is 3.15. The van der Waals surface area contributed by atoms with Gasteiger partial charge in [-0.25, -0.2) is 8.42 Å². The third-order valence-corrected chi connectivity index (χ3v) is 7.85. The van der Waals surface area contributed by atoms with E-state index in [0.717, 1.165) is 51.2 Å². The molecule has 0 saturated heterocycles. The third-order valence-electron chi connectivity index (χ3n) is 6.71. The molecule has 0 heterocycles. The van der Waals surface area contributed by atoms with E-state index in [9.17, 15) is 18.0 Å². The van der Waals surface area contributed by atoms with Gasteiger partial charge in [0.05, 0.1) is 11.9 Å². The summed E-state index contributed by atoms with van der Waals surface area (Å²) in [6, 6.07) is 22.0. The Balaban J connectivity index is 2.05. The zero-order valence-electron chi connectivity index (χ0n) is 24.2. The summed E-state index contributed by atoms with van der Waals surface area (Å²) < 4.78 is 27.1. The lowest BCUT2D eigenvalue weighted by Gasteiger charge is -2.33. The highest BCUT2D eigenvalue weighted by Crippen LogP contribution is 2.23. The summed E-state index contributed by atoms with van der Waals surface area (Å²) in [7, 11) is -3.80. The minimum Gasteiger partial charge on any atom is -0.354 e. The zero-order valence-corrected chi connectivity index (χ0v) is 25.0. The third kappa shape index (κ3) is 8.95. The Morgan fingerprint density at radius 3 is 2.10 bits per heavy atom. The van der Waals surface area contributed by atoms with Crippen LogP contribution in [-0.4, -0.2) is 50.5 Å². The van der Waals surface area contributed by atoms with Gasteiger partial charge in [-0.2, -0.15) is 0 Å². The minimum absolute atomic E-state index is 0.170. The van der Waals surface area contributed by atoms with Crippen LogP contribution in [0.4, 0.5) is 5.69 Å². The van der Waals surface area contributed by atoms with E-state index >= 15 is 0 Å². The summed E-state index contributed by atoms with van der Waals surface area (Å²) in [4.78, 5) is 29.3. The van der Waals surface area contributed by atoms with Crippen LogP contribution in [0.15, 0.2) is 72.8 Å². The number of anilines is 1. The molecule has 214 valence electrons. The van der Waals surface area contributed by atoms with Crippen LogP contribution >= 0.6 is 0 Å². The molecule has 3 aromatic carbocycles. The molecule has 2 amide bonds. The molecule has 0 aliphatic carbocycles. The lowest BCUT2D eigenvalue weighted by atomic mass is 10.0. The number of carbonyl (C=O) groups is 2. The number of amides is 2. The first-order chi connectivity index (χ1) is 19.0. The van der Waals surface area contributed by atoms with Gasteiger partial charge in [-0.05, 0) is 61.6 Å². The Morgan fingerprint density at radius 1 is 0.850 bits per heavy atom. The fraction of sp³-hybridized carbons (Fsp3) is 0.375. The molecule has 7 nitrogen and oxygen atoms in total. The molecule has 0 radical (unpaired) electrons. The number of hydrogen-bond acceptors (Lipinski definition) is 4. The Kier molecular flexibility index (Phi) is 10.9. The fourth-order valence-corrected chi connectivity index (χ4v) is 5.61. The minimum atomic E-state index is -3.80. The number of rotatable bonds is 13. The number of sulfonamides is 1. The van der Waals surface area contributed by atoms with Crippen LogP contribution in [0, 0.1) is 20.8 Å². The van der Waals surface area contributed by atoms with Gasteiger partial charge in [0.1, 0.15) is 12.6 Å². The van der Waals surface area contributed by atoms with Gasteiger partial charge in [0.2, 0.25) is 21.8 Å². The molecule has 3 aromatic rings. The topological polar surface area (TPSA) is 86.8 Å². The molecule has 8 heteroatoms. The second kappa shape index (κ2) is 14.1. The van der Waals surface area contributed by atoms with Crippen molar-refractivity contribution in [3.05, 3.63) is 101 Å². The smallest absolute Gasteiger partial charge is 0.244 e. The van der Waals surface area contributed by atoms with Gasteiger partial charge in [-0.15, -0.1) is 0 Å². The maximum atomic E-state index is 14.1. The van der Waals surface area contributed by atoms with Crippen molar-refractivity contribution >= 4 is 27.5 Å². The Labute approximate surface area is 239 Å². The van der Waals surface area contributed by atoms with E-state index in [1.54, 1.807) is 12.1 Å². The van der Waals surface area contributed by atoms with Crippen molar-refractivity contribution in [2.75, 3.05) is 23.7 Å². The second-order valence-corrected chi connectivity index (χ2v) is 12.4. The van der Waals surface area contributed by atoms with E-state index in [-0.39, 0.29) is 12.5 Å². The van der Waals surface area contributed by atoms with Crippen LogP contribution in [0.25, 0.3) is 0 Å². The van der Waals surface area contributed by atoms with Crippen LogP contribution in [0.5, 0.6) is 0 Å². The first-order valence-corrected chi connectivity index (χ1v) is 15.6. The molecule has 0 bridgehead atoms. The van der Waals surface area contributed by atoms with Crippen molar-refractivity contribution in [1.29, 1.82) is 0 Å². The number of carbonyl (C=O) groups excluding carboxylic acids is 2. The zero-order chi connectivity index (χ0) is 29.3. The molecule has 0 saturated carbocycles.